The second-order valence-corrected chi connectivity index (χ2v) is 6.23. The van der Waals surface area contributed by atoms with Gasteiger partial charge in [-0.1, -0.05) is 30.3 Å². The molecule has 0 radical (unpaired) electrons. The van der Waals surface area contributed by atoms with Crippen molar-refractivity contribution in [3.8, 4) is 11.5 Å². The fraction of sp³-hybridized carbons (Fsp3) is 0.0952. The van der Waals surface area contributed by atoms with E-state index in [1.807, 2.05) is 12.1 Å². The molecule has 7 heteroatoms. The number of benzene rings is 3. The lowest BCUT2D eigenvalue weighted by atomic mass is 10.1. The summed E-state index contributed by atoms with van der Waals surface area (Å²) in [5.74, 6) is -1.28. The average Bonchev–Trinajstić information content (AvgIpc) is 2.71. The van der Waals surface area contributed by atoms with Crippen molar-refractivity contribution in [1.82, 2.24) is 0 Å². The Hall–Kier alpha value is -3.87. The Balaban J connectivity index is 1.48. The highest BCUT2D eigenvalue weighted by molar-refractivity contribution is 6.04. The van der Waals surface area contributed by atoms with Crippen LogP contribution in [-0.4, -0.2) is 36.0 Å². The first-order valence-corrected chi connectivity index (χ1v) is 8.50. The molecule has 1 aliphatic heterocycles. The topological polar surface area (TPSA) is 102 Å². The maximum absolute atomic E-state index is 12.4. The van der Waals surface area contributed by atoms with Crippen molar-refractivity contribution in [2.24, 2.45) is 0 Å². The molecule has 1 amide bonds. The van der Waals surface area contributed by atoms with Crippen LogP contribution in [0.25, 0.3) is 10.8 Å². The Morgan fingerprint density at radius 1 is 1.11 bits per heavy atom. The number of hydrogen-bond acceptors (Lipinski definition) is 6. The van der Waals surface area contributed by atoms with E-state index >= 15 is 0 Å². The second kappa shape index (κ2) is 7.03. The zero-order valence-electron chi connectivity index (χ0n) is 14.6. The molecule has 0 fully saturated rings. The maximum atomic E-state index is 12.4. The van der Waals surface area contributed by atoms with Crippen molar-refractivity contribution in [2.75, 3.05) is 18.5 Å². The summed E-state index contributed by atoms with van der Waals surface area (Å²) in [7, 11) is 0. The normalized spacial score (nSPS) is 12.6. The van der Waals surface area contributed by atoms with Crippen LogP contribution < -0.4 is 10.1 Å². The van der Waals surface area contributed by atoms with Crippen LogP contribution in [0, 0.1) is 0 Å². The first-order valence-electron chi connectivity index (χ1n) is 8.50. The van der Waals surface area contributed by atoms with Crippen LogP contribution in [0.5, 0.6) is 11.5 Å². The lowest BCUT2D eigenvalue weighted by molar-refractivity contribution is -0.118. The fourth-order valence-corrected chi connectivity index (χ4v) is 2.97. The summed E-state index contributed by atoms with van der Waals surface area (Å²) >= 11 is 0. The SMILES string of the molecule is O=C1COc2ccc(C(=O)COC(=O)c3ccc4ccccc4c3O)cc2N1. The highest BCUT2D eigenvalue weighted by Gasteiger charge is 2.20. The third-order valence-electron chi connectivity index (χ3n) is 4.39. The van der Waals surface area contributed by atoms with Gasteiger partial charge in [0.2, 0.25) is 0 Å². The van der Waals surface area contributed by atoms with E-state index in [1.165, 1.54) is 18.2 Å². The molecular weight excluding hydrogens is 362 g/mol. The highest BCUT2D eigenvalue weighted by atomic mass is 16.5. The number of fused-ring (bicyclic) bond motifs is 2. The van der Waals surface area contributed by atoms with Crippen molar-refractivity contribution >= 4 is 34.1 Å². The first-order chi connectivity index (χ1) is 13.5. The van der Waals surface area contributed by atoms with Gasteiger partial charge in [-0.3, -0.25) is 9.59 Å². The van der Waals surface area contributed by atoms with E-state index in [2.05, 4.69) is 5.32 Å². The van der Waals surface area contributed by atoms with Crippen molar-refractivity contribution < 1.29 is 29.0 Å². The molecule has 28 heavy (non-hydrogen) atoms. The number of ether oxygens (including phenoxy) is 2. The lowest BCUT2D eigenvalue weighted by Crippen LogP contribution is -2.25. The fourth-order valence-electron chi connectivity index (χ4n) is 2.97. The van der Waals surface area contributed by atoms with Crippen molar-refractivity contribution in [3.05, 3.63) is 65.7 Å². The number of phenolic OH excluding ortho intramolecular Hbond substituents is 1. The number of Topliss-reactive ketones (excluding diaryl/α,β-unsaturated/α-hetero) is 1. The summed E-state index contributed by atoms with van der Waals surface area (Å²) in [6.07, 6.45) is 0. The molecule has 0 saturated heterocycles. The van der Waals surface area contributed by atoms with Gasteiger partial charge in [-0.2, -0.15) is 0 Å². The number of phenols is 1. The van der Waals surface area contributed by atoms with E-state index in [1.54, 1.807) is 24.3 Å². The molecule has 3 aromatic rings. The zero-order valence-corrected chi connectivity index (χ0v) is 14.6. The number of hydrogen-bond donors (Lipinski definition) is 2. The largest absolute Gasteiger partial charge is 0.506 e. The Morgan fingerprint density at radius 3 is 2.79 bits per heavy atom. The molecule has 4 rings (SSSR count). The number of anilines is 1. The third kappa shape index (κ3) is 3.25. The summed E-state index contributed by atoms with van der Waals surface area (Å²) in [6, 6.07) is 14.8. The van der Waals surface area contributed by atoms with Crippen LogP contribution in [0.15, 0.2) is 54.6 Å². The minimum absolute atomic E-state index is 0.0161. The molecule has 0 aliphatic carbocycles. The van der Waals surface area contributed by atoms with E-state index in [0.29, 0.717) is 16.8 Å². The third-order valence-corrected chi connectivity index (χ3v) is 4.39. The number of carbonyl (C=O) groups excluding carboxylic acids is 3. The highest BCUT2D eigenvalue weighted by Crippen LogP contribution is 2.30. The average molecular weight is 377 g/mol. The minimum atomic E-state index is -0.800. The van der Waals surface area contributed by atoms with E-state index in [9.17, 15) is 19.5 Å². The molecule has 1 heterocycles. The van der Waals surface area contributed by atoms with Crippen molar-refractivity contribution in [2.45, 2.75) is 0 Å². The van der Waals surface area contributed by atoms with Crippen LogP contribution >= 0.6 is 0 Å². The molecule has 0 unspecified atom stereocenters. The second-order valence-electron chi connectivity index (χ2n) is 6.23. The lowest BCUT2D eigenvalue weighted by Gasteiger charge is -2.18. The van der Waals surface area contributed by atoms with Gasteiger partial charge in [-0.15, -0.1) is 0 Å². The van der Waals surface area contributed by atoms with E-state index in [4.69, 9.17) is 9.47 Å². The maximum Gasteiger partial charge on any atom is 0.342 e. The van der Waals surface area contributed by atoms with Crippen LogP contribution in [0.1, 0.15) is 20.7 Å². The number of carbonyl (C=O) groups is 3. The van der Waals surface area contributed by atoms with E-state index < -0.39 is 18.4 Å². The van der Waals surface area contributed by atoms with E-state index in [-0.39, 0.29) is 29.4 Å². The molecule has 1 aliphatic rings. The van der Waals surface area contributed by atoms with Gasteiger partial charge in [0.05, 0.1) is 5.69 Å². The number of nitrogens with one attached hydrogen (secondary N) is 1. The number of rotatable bonds is 4. The number of ketones is 1. The molecule has 7 nitrogen and oxygen atoms in total. The monoisotopic (exact) mass is 377 g/mol. The molecule has 0 spiro atoms. The Bertz CT molecular complexity index is 1120. The summed E-state index contributed by atoms with van der Waals surface area (Å²) in [6.45, 7) is -0.578. The van der Waals surface area contributed by atoms with Crippen LogP contribution in [0.4, 0.5) is 5.69 Å². The molecule has 0 atom stereocenters. The number of aromatic hydroxyl groups is 1. The molecule has 0 bridgehead atoms. The smallest absolute Gasteiger partial charge is 0.342 e. The standard InChI is InChI=1S/C21H15NO6/c23-17(13-6-8-18-16(9-13)22-19(24)11-27-18)10-28-21(26)15-7-5-12-3-1-2-4-14(12)20(15)25/h1-9,25H,10-11H2,(H,22,24). The Kier molecular flexibility index (Phi) is 4.41. The Labute approximate surface area is 159 Å². The molecule has 0 aromatic heterocycles. The summed E-state index contributed by atoms with van der Waals surface area (Å²) in [5.41, 5.74) is 0.637. The minimum Gasteiger partial charge on any atom is -0.506 e. The number of amides is 1. The zero-order chi connectivity index (χ0) is 19.7. The molecule has 0 saturated carbocycles. The summed E-state index contributed by atoms with van der Waals surface area (Å²) in [4.78, 5) is 36.1. The van der Waals surface area contributed by atoms with Gasteiger partial charge < -0.3 is 19.9 Å². The summed E-state index contributed by atoms with van der Waals surface area (Å²) in [5, 5.41) is 14.2. The predicted octanol–water partition coefficient (Wildman–Crippen LogP) is 2.92. The van der Waals surface area contributed by atoms with Gasteiger partial charge in [0.15, 0.2) is 19.0 Å². The molecular formula is C21H15NO6. The summed E-state index contributed by atoms with van der Waals surface area (Å²) < 4.78 is 10.3. The first kappa shape index (κ1) is 17.5. The van der Waals surface area contributed by atoms with E-state index in [0.717, 1.165) is 5.39 Å². The van der Waals surface area contributed by atoms with Crippen LogP contribution in [-0.2, 0) is 9.53 Å². The van der Waals surface area contributed by atoms with Gasteiger partial charge in [0, 0.05) is 10.9 Å². The number of esters is 1. The molecule has 2 N–H and O–H groups in total. The van der Waals surface area contributed by atoms with Gasteiger partial charge in [-0.25, -0.2) is 4.79 Å². The van der Waals surface area contributed by atoms with Crippen LogP contribution in [0.2, 0.25) is 0 Å². The molecule has 3 aromatic carbocycles. The Morgan fingerprint density at radius 2 is 1.93 bits per heavy atom. The van der Waals surface area contributed by atoms with Gasteiger partial charge >= 0.3 is 5.97 Å². The van der Waals surface area contributed by atoms with Gasteiger partial charge in [0.1, 0.15) is 17.1 Å². The molecule has 140 valence electrons. The van der Waals surface area contributed by atoms with Crippen molar-refractivity contribution in [1.29, 1.82) is 0 Å². The van der Waals surface area contributed by atoms with Gasteiger partial charge in [0.25, 0.3) is 5.91 Å². The quantitative estimate of drug-likeness (QED) is 0.535. The van der Waals surface area contributed by atoms with Gasteiger partial charge in [-0.05, 0) is 29.7 Å². The predicted molar refractivity (Wildman–Crippen MR) is 101 cm³/mol. The van der Waals surface area contributed by atoms with Crippen molar-refractivity contribution in [3.63, 3.8) is 0 Å². The van der Waals surface area contributed by atoms with Crippen LogP contribution in [0.3, 0.4) is 0 Å².